The van der Waals surface area contributed by atoms with E-state index in [1.165, 1.54) is 25.4 Å². The van der Waals surface area contributed by atoms with E-state index < -0.39 is 0 Å². The van der Waals surface area contributed by atoms with E-state index in [1.807, 2.05) is 37.3 Å². The largest absolute Gasteiger partial charge is 0.480 e. The lowest BCUT2D eigenvalue weighted by Crippen LogP contribution is -2.47. The highest BCUT2D eigenvalue weighted by atomic mass is 19.1. The average Bonchev–Trinajstić information content (AvgIpc) is 2.84. The summed E-state index contributed by atoms with van der Waals surface area (Å²) in [5.74, 6) is 0.239. The Kier molecular flexibility index (Phi) is 6.49. The summed E-state index contributed by atoms with van der Waals surface area (Å²) in [5.41, 5.74) is 2.30. The normalized spacial score (nSPS) is 14.7. The molecule has 1 aromatic heterocycles. The van der Waals surface area contributed by atoms with Crippen LogP contribution in [0, 0.1) is 5.82 Å². The number of aromatic nitrogens is 2. The number of nitrogens with one attached hydrogen (secondary N) is 1. The molecule has 3 aromatic rings. The third-order valence-electron chi connectivity index (χ3n) is 5.58. The predicted octanol–water partition coefficient (Wildman–Crippen LogP) is 3.44. The number of amides is 1. The number of piperazine rings is 1. The van der Waals surface area contributed by atoms with E-state index >= 15 is 0 Å². The van der Waals surface area contributed by atoms with Crippen molar-refractivity contribution < 1.29 is 13.9 Å². The van der Waals surface area contributed by atoms with Crippen LogP contribution in [0.1, 0.15) is 28.9 Å². The van der Waals surface area contributed by atoms with Crippen LogP contribution in [-0.4, -0.2) is 49.2 Å². The molecule has 1 fully saturated rings. The van der Waals surface area contributed by atoms with Gasteiger partial charge in [-0.1, -0.05) is 30.3 Å². The molecular formula is C24H26FN5O2. The monoisotopic (exact) mass is 435 g/mol. The van der Waals surface area contributed by atoms with Crippen LogP contribution in [0.2, 0.25) is 0 Å². The predicted molar refractivity (Wildman–Crippen MR) is 122 cm³/mol. The van der Waals surface area contributed by atoms with Gasteiger partial charge < -0.3 is 19.9 Å². The van der Waals surface area contributed by atoms with Gasteiger partial charge in [0.05, 0.1) is 13.2 Å². The zero-order chi connectivity index (χ0) is 22.5. The first-order valence-corrected chi connectivity index (χ1v) is 10.6. The molecular weight excluding hydrogens is 409 g/mol. The molecule has 7 nitrogen and oxygen atoms in total. The molecule has 1 aliphatic heterocycles. The number of carbonyl (C=O) groups is 1. The highest BCUT2D eigenvalue weighted by Crippen LogP contribution is 2.23. The van der Waals surface area contributed by atoms with Crippen LogP contribution >= 0.6 is 0 Å². The van der Waals surface area contributed by atoms with Gasteiger partial charge >= 0.3 is 0 Å². The lowest BCUT2D eigenvalue weighted by Gasteiger charge is -2.36. The summed E-state index contributed by atoms with van der Waals surface area (Å²) in [6, 6.07) is 16.1. The van der Waals surface area contributed by atoms with Gasteiger partial charge in [-0.15, -0.1) is 0 Å². The Hall–Kier alpha value is -3.68. The number of carbonyl (C=O) groups excluding carboxylic acids is 1. The van der Waals surface area contributed by atoms with Crippen molar-refractivity contribution in [2.24, 2.45) is 0 Å². The van der Waals surface area contributed by atoms with E-state index in [1.54, 1.807) is 12.1 Å². The number of ether oxygens (including phenoxy) is 1. The van der Waals surface area contributed by atoms with Crippen LogP contribution in [0.15, 0.2) is 60.8 Å². The minimum atomic E-state index is -0.286. The van der Waals surface area contributed by atoms with E-state index in [-0.39, 0.29) is 23.6 Å². The third-order valence-corrected chi connectivity index (χ3v) is 5.58. The molecule has 1 aliphatic rings. The van der Waals surface area contributed by atoms with Crippen molar-refractivity contribution in [3.63, 3.8) is 0 Å². The summed E-state index contributed by atoms with van der Waals surface area (Å²) in [5, 5.41) is 2.97. The number of hydrogen-bond acceptors (Lipinski definition) is 6. The van der Waals surface area contributed by atoms with Gasteiger partial charge in [0.25, 0.3) is 5.91 Å². The average molecular weight is 436 g/mol. The molecule has 1 atom stereocenters. The van der Waals surface area contributed by atoms with Crippen molar-refractivity contribution in [1.29, 1.82) is 0 Å². The number of rotatable bonds is 6. The standard InChI is InChI=1S/C24H26FN5O2/c1-17(18-6-4-3-5-7-18)27-22(31)21-16-26-24(28-23(21)32-2)30-14-12-29(13-15-30)20-10-8-19(25)9-11-20/h3-11,16-17H,12-15H2,1-2H3,(H,27,31). The maximum absolute atomic E-state index is 13.2. The van der Waals surface area contributed by atoms with Gasteiger partial charge in [0, 0.05) is 38.1 Å². The highest BCUT2D eigenvalue weighted by Gasteiger charge is 2.23. The Morgan fingerprint density at radius 3 is 2.34 bits per heavy atom. The van der Waals surface area contributed by atoms with E-state index in [2.05, 4.69) is 25.1 Å². The molecule has 0 spiro atoms. The topological polar surface area (TPSA) is 70.6 Å². The molecule has 2 heterocycles. The number of halogens is 1. The van der Waals surface area contributed by atoms with Crippen LogP contribution < -0.4 is 19.9 Å². The van der Waals surface area contributed by atoms with E-state index in [4.69, 9.17) is 4.74 Å². The molecule has 1 amide bonds. The molecule has 4 rings (SSSR count). The highest BCUT2D eigenvalue weighted by molar-refractivity contribution is 5.96. The SMILES string of the molecule is COc1nc(N2CCN(c3ccc(F)cc3)CC2)ncc1C(=O)NC(C)c1ccccc1. The smallest absolute Gasteiger partial charge is 0.258 e. The number of hydrogen-bond donors (Lipinski definition) is 1. The van der Waals surface area contributed by atoms with Crippen molar-refractivity contribution in [2.45, 2.75) is 13.0 Å². The van der Waals surface area contributed by atoms with Crippen molar-refractivity contribution in [2.75, 3.05) is 43.1 Å². The fourth-order valence-corrected chi connectivity index (χ4v) is 3.74. The van der Waals surface area contributed by atoms with Gasteiger partial charge in [-0.2, -0.15) is 4.98 Å². The second-order valence-corrected chi connectivity index (χ2v) is 7.65. The number of benzene rings is 2. The van der Waals surface area contributed by atoms with E-state index in [0.717, 1.165) is 24.3 Å². The molecule has 0 saturated carbocycles. The molecule has 0 aliphatic carbocycles. The number of nitrogens with zero attached hydrogens (tertiary/aromatic N) is 4. The van der Waals surface area contributed by atoms with E-state index in [0.29, 0.717) is 24.6 Å². The van der Waals surface area contributed by atoms with Crippen LogP contribution in [0.4, 0.5) is 16.0 Å². The Labute approximate surface area is 186 Å². The van der Waals surface area contributed by atoms with Crippen LogP contribution in [0.25, 0.3) is 0 Å². The zero-order valence-electron chi connectivity index (χ0n) is 18.2. The van der Waals surface area contributed by atoms with Crippen LogP contribution in [0.5, 0.6) is 5.88 Å². The van der Waals surface area contributed by atoms with Gasteiger partial charge in [-0.25, -0.2) is 9.37 Å². The summed E-state index contributed by atoms with van der Waals surface area (Å²) in [4.78, 5) is 26.0. The third kappa shape index (κ3) is 4.80. The minimum Gasteiger partial charge on any atom is -0.480 e. The second kappa shape index (κ2) is 9.64. The molecule has 1 saturated heterocycles. The molecule has 0 radical (unpaired) electrons. The van der Waals surface area contributed by atoms with Gasteiger partial charge in [0.15, 0.2) is 0 Å². The summed E-state index contributed by atoms with van der Waals surface area (Å²) >= 11 is 0. The summed E-state index contributed by atoms with van der Waals surface area (Å²) < 4.78 is 18.6. The lowest BCUT2D eigenvalue weighted by atomic mass is 10.1. The Morgan fingerprint density at radius 2 is 1.69 bits per heavy atom. The first kappa shape index (κ1) is 21.5. The molecule has 2 aromatic carbocycles. The van der Waals surface area contributed by atoms with Gasteiger partial charge in [-0.05, 0) is 36.8 Å². The molecule has 166 valence electrons. The van der Waals surface area contributed by atoms with Crippen LogP contribution in [0.3, 0.4) is 0 Å². The number of methoxy groups -OCH3 is 1. The van der Waals surface area contributed by atoms with Crippen molar-refractivity contribution in [3.05, 3.63) is 77.7 Å². The zero-order valence-corrected chi connectivity index (χ0v) is 18.2. The molecule has 1 N–H and O–H groups in total. The first-order chi connectivity index (χ1) is 15.5. The molecule has 0 bridgehead atoms. The van der Waals surface area contributed by atoms with Gasteiger partial charge in [0.2, 0.25) is 11.8 Å². The summed E-state index contributed by atoms with van der Waals surface area (Å²) in [6.07, 6.45) is 1.51. The second-order valence-electron chi connectivity index (χ2n) is 7.65. The fraction of sp³-hybridized carbons (Fsp3) is 0.292. The maximum Gasteiger partial charge on any atom is 0.258 e. The van der Waals surface area contributed by atoms with Crippen molar-refractivity contribution in [3.8, 4) is 5.88 Å². The summed E-state index contributed by atoms with van der Waals surface area (Å²) in [7, 11) is 1.50. The fourth-order valence-electron chi connectivity index (χ4n) is 3.74. The lowest BCUT2D eigenvalue weighted by molar-refractivity contribution is 0.0935. The molecule has 1 unspecified atom stereocenters. The summed E-state index contributed by atoms with van der Waals surface area (Å²) in [6.45, 7) is 4.85. The quantitative estimate of drug-likeness (QED) is 0.640. The molecule has 32 heavy (non-hydrogen) atoms. The Morgan fingerprint density at radius 1 is 1.03 bits per heavy atom. The Bertz CT molecular complexity index is 1050. The minimum absolute atomic E-state index is 0.160. The van der Waals surface area contributed by atoms with Gasteiger partial charge in [0.1, 0.15) is 11.4 Å². The Balaban J connectivity index is 1.42. The van der Waals surface area contributed by atoms with Crippen molar-refractivity contribution >= 4 is 17.5 Å². The maximum atomic E-state index is 13.2. The van der Waals surface area contributed by atoms with Gasteiger partial charge in [-0.3, -0.25) is 4.79 Å². The molecule has 8 heteroatoms. The first-order valence-electron chi connectivity index (χ1n) is 10.6. The van der Waals surface area contributed by atoms with E-state index in [9.17, 15) is 9.18 Å². The number of anilines is 2. The van der Waals surface area contributed by atoms with Crippen molar-refractivity contribution in [1.82, 2.24) is 15.3 Å². The van der Waals surface area contributed by atoms with Crippen LogP contribution in [-0.2, 0) is 0 Å².